The summed E-state index contributed by atoms with van der Waals surface area (Å²) in [7, 11) is 1.23. The molecule has 22 heavy (non-hydrogen) atoms. The Balaban J connectivity index is 2.49. The molecular formula is C14H16F3NO4. The van der Waals surface area contributed by atoms with E-state index in [1.165, 1.54) is 19.2 Å². The van der Waals surface area contributed by atoms with E-state index in [-0.39, 0.29) is 12.2 Å². The van der Waals surface area contributed by atoms with Crippen molar-refractivity contribution in [2.24, 2.45) is 0 Å². The second-order valence-electron chi connectivity index (χ2n) is 4.56. The minimum Gasteiger partial charge on any atom is -0.484 e. The molecule has 0 aliphatic heterocycles. The highest BCUT2D eigenvalue weighted by Crippen LogP contribution is 2.31. The van der Waals surface area contributed by atoms with Crippen LogP contribution >= 0.6 is 0 Å². The number of hydrogen-bond acceptors (Lipinski definition) is 4. The number of benzene rings is 1. The maximum atomic E-state index is 12.5. The van der Waals surface area contributed by atoms with Gasteiger partial charge >= 0.3 is 12.1 Å². The first kappa shape index (κ1) is 17.8. The Morgan fingerprint density at radius 3 is 2.59 bits per heavy atom. The number of amides is 1. The zero-order chi connectivity index (χ0) is 16.8. The maximum absolute atomic E-state index is 12.5. The lowest BCUT2D eigenvalue weighted by Crippen LogP contribution is -2.37. The van der Waals surface area contributed by atoms with E-state index in [0.717, 1.165) is 12.1 Å². The summed E-state index contributed by atoms with van der Waals surface area (Å²) in [4.78, 5) is 22.6. The Hall–Kier alpha value is -2.25. The van der Waals surface area contributed by atoms with Crippen LogP contribution < -0.4 is 10.1 Å². The van der Waals surface area contributed by atoms with Gasteiger partial charge in [0.1, 0.15) is 5.75 Å². The van der Waals surface area contributed by atoms with Gasteiger partial charge in [0, 0.05) is 6.04 Å². The fourth-order valence-corrected chi connectivity index (χ4v) is 1.61. The quantitative estimate of drug-likeness (QED) is 0.816. The van der Waals surface area contributed by atoms with E-state index in [4.69, 9.17) is 4.74 Å². The molecule has 0 aliphatic carbocycles. The summed E-state index contributed by atoms with van der Waals surface area (Å²) < 4.78 is 47.0. The number of nitrogens with one attached hydrogen (secondary N) is 1. The molecule has 1 rings (SSSR count). The van der Waals surface area contributed by atoms with Crippen molar-refractivity contribution in [2.75, 3.05) is 13.7 Å². The molecule has 0 fully saturated rings. The molecule has 0 heterocycles. The molecule has 1 unspecified atom stereocenters. The molecule has 122 valence electrons. The van der Waals surface area contributed by atoms with E-state index < -0.39 is 36.3 Å². The van der Waals surface area contributed by atoms with Crippen LogP contribution in [0.1, 0.15) is 18.9 Å². The molecule has 0 aliphatic rings. The van der Waals surface area contributed by atoms with Crippen molar-refractivity contribution >= 4 is 11.9 Å². The van der Waals surface area contributed by atoms with Gasteiger partial charge in [-0.15, -0.1) is 0 Å². The number of halogens is 3. The van der Waals surface area contributed by atoms with E-state index in [1.807, 2.05) is 0 Å². The Labute approximate surface area is 125 Å². The van der Waals surface area contributed by atoms with Crippen LogP contribution in [0.25, 0.3) is 0 Å². The van der Waals surface area contributed by atoms with Crippen molar-refractivity contribution in [3.8, 4) is 5.75 Å². The van der Waals surface area contributed by atoms with Gasteiger partial charge < -0.3 is 14.8 Å². The molecule has 5 nitrogen and oxygen atoms in total. The lowest BCUT2D eigenvalue weighted by Gasteiger charge is -2.13. The lowest BCUT2D eigenvalue weighted by atomic mass is 10.2. The van der Waals surface area contributed by atoms with Crippen molar-refractivity contribution in [3.05, 3.63) is 29.8 Å². The van der Waals surface area contributed by atoms with Crippen LogP contribution in [-0.2, 0) is 20.5 Å². The molecule has 1 atom stereocenters. The normalized spacial score (nSPS) is 12.4. The Kier molecular flexibility index (Phi) is 6.21. The van der Waals surface area contributed by atoms with Crippen LogP contribution in [0.3, 0.4) is 0 Å². The van der Waals surface area contributed by atoms with Crippen LogP contribution in [-0.4, -0.2) is 31.6 Å². The number of rotatable bonds is 6. The van der Waals surface area contributed by atoms with Crippen LogP contribution in [0.2, 0.25) is 0 Å². The molecular weight excluding hydrogens is 303 g/mol. The Morgan fingerprint density at radius 1 is 1.32 bits per heavy atom. The van der Waals surface area contributed by atoms with Crippen molar-refractivity contribution in [3.63, 3.8) is 0 Å². The SMILES string of the molecule is COC(=O)CC(C)NC(=O)COc1cccc(C(F)(F)F)c1. The van der Waals surface area contributed by atoms with Gasteiger partial charge in [-0.05, 0) is 25.1 Å². The number of alkyl halides is 3. The molecule has 1 N–H and O–H groups in total. The molecule has 0 spiro atoms. The van der Waals surface area contributed by atoms with Gasteiger partial charge in [-0.3, -0.25) is 9.59 Å². The zero-order valence-corrected chi connectivity index (χ0v) is 12.1. The van der Waals surface area contributed by atoms with Crippen molar-refractivity contribution in [1.29, 1.82) is 0 Å². The first-order valence-corrected chi connectivity index (χ1v) is 6.38. The smallest absolute Gasteiger partial charge is 0.416 e. The molecule has 0 bridgehead atoms. The monoisotopic (exact) mass is 319 g/mol. The largest absolute Gasteiger partial charge is 0.484 e. The summed E-state index contributed by atoms with van der Waals surface area (Å²) in [5.74, 6) is -1.09. The van der Waals surface area contributed by atoms with E-state index in [2.05, 4.69) is 10.1 Å². The third-order valence-electron chi connectivity index (χ3n) is 2.64. The van der Waals surface area contributed by atoms with Crippen LogP contribution in [0, 0.1) is 0 Å². The molecule has 1 amide bonds. The first-order chi connectivity index (χ1) is 10.2. The van der Waals surface area contributed by atoms with Crippen LogP contribution in [0.4, 0.5) is 13.2 Å². The molecule has 0 saturated heterocycles. The Bertz CT molecular complexity index is 531. The van der Waals surface area contributed by atoms with E-state index >= 15 is 0 Å². The van der Waals surface area contributed by atoms with E-state index in [1.54, 1.807) is 6.92 Å². The number of ether oxygens (including phenoxy) is 2. The zero-order valence-electron chi connectivity index (χ0n) is 12.1. The number of carbonyl (C=O) groups excluding carboxylic acids is 2. The number of carbonyl (C=O) groups is 2. The summed E-state index contributed by atoms with van der Waals surface area (Å²) in [6, 6.07) is 3.76. The highest BCUT2D eigenvalue weighted by atomic mass is 19.4. The summed E-state index contributed by atoms with van der Waals surface area (Å²) in [6.45, 7) is 1.14. The molecule has 0 saturated carbocycles. The topological polar surface area (TPSA) is 64.6 Å². The fourth-order valence-electron chi connectivity index (χ4n) is 1.61. The number of esters is 1. The van der Waals surface area contributed by atoms with Crippen molar-refractivity contribution < 1.29 is 32.2 Å². The van der Waals surface area contributed by atoms with Gasteiger partial charge in [0.2, 0.25) is 0 Å². The van der Waals surface area contributed by atoms with Gasteiger partial charge in [0.25, 0.3) is 5.91 Å². The lowest BCUT2D eigenvalue weighted by molar-refractivity contribution is -0.141. The number of methoxy groups -OCH3 is 1. The minimum absolute atomic E-state index is 0.00814. The molecule has 0 aromatic heterocycles. The van der Waals surface area contributed by atoms with Gasteiger partial charge in [-0.2, -0.15) is 13.2 Å². The van der Waals surface area contributed by atoms with Gasteiger partial charge in [0.05, 0.1) is 19.1 Å². The van der Waals surface area contributed by atoms with Crippen LogP contribution in [0.5, 0.6) is 5.75 Å². The van der Waals surface area contributed by atoms with Crippen LogP contribution in [0.15, 0.2) is 24.3 Å². The van der Waals surface area contributed by atoms with Gasteiger partial charge in [-0.25, -0.2) is 0 Å². The van der Waals surface area contributed by atoms with Gasteiger partial charge in [0.15, 0.2) is 6.61 Å². The average molecular weight is 319 g/mol. The third kappa shape index (κ3) is 6.02. The molecule has 1 aromatic carbocycles. The summed E-state index contributed by atoms with van der Waals surface area (Å²) in [5.41, 5.74) is -0.857. The second-order valence-corrected chi connectivity index (χ2v) is 4.56. The maximum Gasteiger partial charge on any atom is 0.416 e. The summed E-state index contributed by atoms with van der Waals surface area (Å²) in [6.07, 6.45) is -4.48. The molecule has 1 aromatic rings. The summed E-state index contributed by atoms with van der Waals surface area (Å²) in [5, 5.41) is 2.47. The highest BCUT2D eigenvalue weighted by molar-refractivity contribution is 5.79. The van der Waals surface area contributed by atoms with E-state index in [9.17, 15) is 22.8 Å². The third-order valence-corrected chi connectivity index (χ3v) is 2.64. The van der Waals surface area contributed by atoms with Crippen molar-refractivity contribution in [1.82, 2.24) is 5.32 Å². The van der Waals surface area contributed by atoms with E-state index in [0.29, 0.717) is 0 Å². The highest BCUT2D eigenvalue weighted by Gasteiger charge is 2.30. The van der Waals surface area contributed by atoms with Gasteiger partial charge in [-0.1, -0.05) is 6.07 Å². The fraction of sp³-hybridized carbons (Fsp3) is 0.429. The standard InChI is InChI=1S/C14H16F3NO4/c1-9(6-13(20)21-2)18-12(19)8-22-11-5-3-4-10(7-11)14(15,16)17/h3-5,7,9H,6,8H2,1-2H3,(H,18,19). The molecule has 0 radical (unpaired) electrons. The van der Waals surface area contributed by atoms with Crippen molar-refractivity contribution in [2.45, 2.75) is 25.6 Å². The summed E-state index contributed by atoms with van der Waals surface area (Å²) >= 11 is 0. The predicted molar refractivity (Wildman–Crippen MR) is 71.2 cm³/mol. The average Bonchev–Trinajstić information content (AvgIpc) is 2.44. The molecule has 8 heteroatoms. The predicted octanol–water partition coefficient (Wildman–Crippen LogP) is 2.15. The number of hydrogen-bond donors (Lipinski definition) is 1. The minimum atomic E-state index is -4.48. The first-order valence-electron chi connectivity index (χ1n) is 6.38. The Morgan fingerprint density at radius 2 is 2.00 bits per heavy atom. The second kappa shape index (κ2) is 7.67.